The number of aliphatic hydroxyl groups excluding tert-OH is 1. The van der Waals surface area contributed by atoms with Crippen molar-refractivity contribution in [2.45, 2.75) is 32.8 Å². The van der Waals surface area contributed by atoms with Gasteiger partial charge in [-0.3, -0.25) is 0 Å². The number of hydrogen-bond acceptors (Lipinski definition) is 2. The summed E-state index contributed by atoms with van der Waals surface area (Å²) in [5.74, 6) is -1.28. The van der Waals surface area contributed by atoms with Gasteiger partial charge in [-0.2, -0.15) is 5.26 Å². The fraction of sp³-hybridized carbons (Fsp3) is 0.462. The highest BCUT2D eigenvalue weighted by molar-refractivity contribution is 5.28. The molecule has 0 spiro atoms. The Bertz CT molecular complexity index is 403. The van der Waals surface area contributed by atoms with E-state index in [-0.39, 0.29) is 5.56 Å². The highest BCUT2D eigenvalue weighted by Gasteiger charge is 2.32. The third-order valence-electron chi connectivity index (χ3n) is 2.58. The largest absolute Gasteiger partial charge is 0.391 e. The summed E-state index contributed by atoms with van der Waals surface area (Å²) < 4.78 is 13.5. The molecule has 0 saturated heterocycles. The molecule has 0 bridgehead atoms. The van der Waals surface area contributed by atoms with E-state index in [1.54, 1.807) is 12.1 Å². The van der Waals surface area contributed by atoms with Crippen molar-refractivity contribution in [1.82, 2.24) is 0 Å². The summed E-state index contributed by atoms with van der Waals surface area (Å²) in [5.41, 5.74) is -0.199. The molecular formula is C13H16FNO. The van der Waals surface area contributed by atoms with Gasteiger partial charge in [0.1, 0.15) is 11.7 Å². The number of hydrogen-bond donors (Lipinski definition) is 1. The average molecular weight is 221 g/mol. The molecule has 2 atom stereocenters. The summed E-state index contributed by atoms with van der Waals surface area (Å²) in [6.07, 6.45) is -0.894. The van der Waals surface area contributed by atoms with Crippen LogP contribution in [0.15, 0.2) is 24.3 Å². The van der Waals surface area contributed by atoms with Crippen molar-refractivity contribution < 1.29 is 9.50 Å². The SMILES string of the molecule is CC(C)(C)C(O)C(C#N)c1ccccc1F. The molecule has 2 nitrogen and oxygen atoms in total. The van der Waals surface area contributed by atoms with Crippen LogP contribution in [-0.4, -0.2) is 11.2 Å². The van der Waals surface area contributed by atoms with Crippen LogP contribution >= 0.6 is 0 Å². The first-order valence-electron chi connectivity index (χ1n) is 5.20. The molecule has 1 aromatic carbocycles. The molecule has 0 aliphatic carbocycles. The van der Waals surface area contributed by atoms with Gasteiger partial charge in [0.2, 0.25) is 0 Å². The van der Waals surface area contributed by atoms with Crippen LogP contribution in [0.25, 0.3) is 0 Å². The van der Waals surface area contributed by atoms with Gasteiger partial charge >= 0.3 is 0 Å². The van der Waals surface area contributed by atoms with E-state index in [4.69, 9.17) is 5.26 Å². The zero-order valence-corrected chi connectivity index (χ0v) is 9.74. The van der Waals surface area contributed by atoms with E-state index in [2.05, 4.69) is 0 Å². The van der Waals surface area contributed by atoms with Crippen LogP contribution in [0.1, 0.15) is 32.3 Å². The Balaban J connectivity index is 3.11. The van der Waals surface area contributed by atoms with E-state index in [0.29, 0.717) is 0 Å². The molecule has 0 saturated carbocycles. The Kier molecular flexibility index (Phi) is 3.66. The van der Waals surface area contributed by atoms with Crippen LogP contribution in [0.4, 0.5) is 4.39 Å². The van der Waals surface area contributed by atoms with Crippen molar-refractivity contribution >= 4 is 0 Å². The Morgan fingerprint density at radius 3 is 2.31 bits per heavy atom. The van der Waals surface area contributed by atoms with Crippen LogP contribution in [0.5, 0.6) is 0 Å². The fourth-order valence-electron chi connectivity index (χ4n) is 1.54. The Morgan fingerprint density at radius 1 is 1.31 bits per heavy atom. The third-order valence-corrected chi connectivity index (χ3v) is 2.58. The van der Waals surface area contributed by atoms with Gasteiger partial charge in [-0.25, -0.2) is 4.39 Å². The number of rotatable bonds is 2. The molecule has 0 aliphatic rings. The number of aliphatic hydroxyl groups is 1. The normalized spacial score (nSPS) is 15.2. The van der Waals surface area contributed by atoms with Crippen LogP contribution in [0, 0.1) is 22.6 Å². The summed E-state index contributed by atoms with van der Waals surface area (Å²) in [6, 6.07) is 8.05. The van der Waals surface area contributed by atoms with Gasteiger partial charge in [-0.1, -0.05) is 39.0 Å². The maximum atomic E-state index is 13.5. The topological polar surface area (TPSA) is 44.0 Å². The van der Waals surface area contributed by atoms with Crippen LogP contribution in [-0.2, 0) is 0 Å². The number of halogens is 1. The van der Waals surface area contributed by atoms with Gasteiger partial charge in [-0.15, -0.1) is 0 Å². The van der Waals surface area contributed by atoms with Crippen molar-refractivity contribution in [3.63, 3.8) is 0 Å². The zero-order chi connectivity index (χ0) is 12.3. The second-order valence-corrected chi connectivity index (χ2v) is 4.94. The van der Waals surface area contributed by atoms with Crippen molar-refractivity contribution in [3.05, 3.63) is 35.6 Å². The summed E-state index contributed by atoms with van der Waals surface area (Å²) in [4.78, 5) is 0. The molecule has 0 aromatic heterocycles. The standard InChI is InChI=1S/C13H16FNO/c1-13(2,3)12(16)10(8-15)9-6-4-5-7-11(9)14/h4-7,10,12,16H,1-3H3. The van der Waals surface area contributed by atoms with E-state index in [0.717, 1.165) is 0 Å². The van der Waals surface area contributed by atoms with Gasteiger partial charge in [0.25, 0.3) is 0 Å². The molecule has 16 heavy (non-hydrogen) atoms. The van der Waals surface area contributed by atoms with Crippen molar-refractivity contribution in [2.24, 2.45) is 5.41 Å². The first-order valence-corrected chi connectivity index (χ1v) is 5.20. The van der Waals surface area contributed by atoms with Crippen LogP contribution in [0.2, 0.25) is 0 Å². The van der Waals surface area contributed by atoms with Crippen molar-refractivity contribution in [3.8, 4) is 6.07 Å². The monoisotopic (exact) mass is 221 g/mol. The maximum Gasteiger partial charge on any atom is 0.127 e. The molecule has 0 heterocycles. The molecular weight excluding hydrogens is 205 g/mol. The summed E-state index contributed by atoms with van der Waals surface area (Å²) in [6.45, 7) is 5.47. The molecule has 0 radical (unpaired) electrons. The summed E-state index contributed by atoms with van der Waals surface area (Å²) in [5, 5.41) is 19.1. The minimum atomic E-state index is -0.894. The van der Waals surface area contributed by atoms with Gasteiger partial charge in [0.05, 0.1) is 12.2 Å². The maximum absolute atomic E-state index is 13.5. The van der Waals surface area contributed by atoms with E-state index in [1.807, 2.05) is 26.8 Å². The third kappa shape index (κ3) is 2.59. The molecule has 2 unspecified atom stereocenters. The number of benzene rings is 1. The quantitative estimate of drug-likeness (QED) is 0.834. The smallest absolute Gasteiger partial charge is 0.127 e. The van der Waals surface area contributed by atoms with Gasteiger partial charge in [0, 0.05) is 5.56 Å². The Hall–Kier alpha value is -1.40. The predicted octanol–water partition coefficient (Wildman–Crippen LogP) is 2.84. The lowest BCUT2D eigenvalue weighted by molar-refractivity contribution is 0.0519. The molecule has 3 heteroatoms. The molecule has 1 aromatic rings. The number of nitrogens with zero attached hydrogens (tertiary/aromatic N) is 1. The minimum Gasteiger partial charge on any atom is -0.391 e. The first-order chi connectivity index (χ1) is 7.38. The second-order valence-electron chi connectivity index (χ2n) is 4.94. The number of nitriles is 1. The van der Waals surface area contributed by atoms with E-state index in [1.165, 1.54) is 12.1 Å². The molecule has 0 fully saturated rings. The Morgan fingerprint density at radius 2 is 1.88 bits per heavy atom. The minimum absolute atomic E-state index is 0.257. The molecule has 1 rings (SSSR count). The second kappa shape index (κ2) is 4.63. The molecule has 86 valence electrons. The lowest BCUT2D eigenvalue weighted by Gasteiger charge is -2.29. The van der Waals surface area contributed by atoms with Gasteiger partial charge < -0.3 is 5.11 Å². The summed E-state index contributed by atoms with van der Waals surface area (Å²) in [7, 11) is 0. The van der Waals surface area contributed by atoms with Crippen LogP contribution < -0.4 is 0 Å². The lowest BCUT2D eigenvalue weighted by Crippen LogP contribution is -2.32. The average Bonchev–Trinajstić information content (AvgIpc) is 2.20. The first kappa shape index (κ1) is 12.7. The summed E-state index contributed by atoms with van der Waals surface area (Å²) >= 11 is 0. The molecule has 1 N–H and O–H groups in total. The Labute approximate surface area is 95.3 Å². The van der Waals surface area contributed by atoms with E-state index in [9.17, 15) is 9.50 Å². The van der Waals surface area contributed by atoms with Crippen molar-refractivity contribution in [1.29, 1.82) is 5.26 Å². The van der Waals surface area contributed by atoms with Gasteiger partial charge in [0.15, 0.2) is 0 Å². The van der Waals surface area contributed by atoms with Crippen LogP contribution in [0.3, 0.4) is 0 Å². The zero-order valence-electron chi connectivity index (χ0n) is 9.74. The van der Waals surface area contributed by atoms with E-state index < -0.39 is 23.3 Å². The highest BCUT2D eigenvalue weighted by Crippen LogP contribution is 2.32. The van der Waals surface area contributed by atoms with Crippen molar-refractivity contribution in [2.75, 3.05) is 0 Å². The fourth-order valence-corrected chi connectivity index (χ4v) is 1.54. The van der Waals surface area contributed by atoms with E-state index >= 15 is 0 Å². The molecule has 0 aliphatic heterocycles. The highest BCUT2D eigenvalue weighted by atomic mass is 19.1. The molecule has 0 amide bonds. The predicted molar refractivity (Wildman–Crippen MR) is 60.2 cm³/mol. The lowest BCUT2D eigenvalue weighted by atomic mass is 9.79. The van der Waals surface area contributed by atoms with Gasteiger partial charge in [-0.05, 0) is 11.5 Å².